The summed E-state index contributed by atoms with van der Waals surface area (Å²) in [5, 5.41) is 1.88. The number of amides is 2. The first kappa shape index (κ1) is 21.9. The van der Waals surface area contributed by atoms with E-state index in [1.165, 1.54) is 44.8 Å². The largest absolute Gasteiger partial charge is 0.493 e. The first-order valence-corrected chi connectivity index (χ1v) is 10.0. The predicted octanol–water partition coefficient (Wildman–Crippen LogP) is 2.82. The topological polar surface area (TPSA) is 108 Å². The van der Waals surface area contributed by atoms with Crippen LogP contribution in [0, 0.1) is 0 Å². The van der Waals surface area contributed by atoms with E-state index in [0.29, 0.717) is 28.6 Å². The third-order valence-electron chi connectivity index (χ3n) is 4.22. The number of carbonyl (C=O) groups is 2. The summed E-state index contributed by atoms with van der Waals surface area (Å²) in [7, 11) is 4.45. The number of aromatic nitrogens is 1. The summed E-state index contributed by atoms with van der Waals surface area (Å²) in [5.41, 5.74) is 7.84. The maximum Gasteiger partial charge on any atom is 0.269 e. The minimum absolute atomic E-state index is 0.283. The number of ether oxygens (including phenoxy) is 4. The number of nitrogens with one attached hydrogen (secondary N) is 2. The Labute approximate surface area is 182 Å². The quantitative estimate of drug-likeness (QED) is 0.516. The fourth-order valence-corrected chi connectivity index (χ4v) is 3.17. The van der Waals surface area contributed by atoms with Gasteiger partial charge in [0, 0.05) is 16.5 Å². The van der Waals surface area contributed by atoms with E-state index in [2.05, 4.69) is 15.8 Å². The standard InChI is InChI=1S/C21H21N3O6S/c1-27-16-6-4-13(8-18(16)28-2)20(25)23-24-21(26)14-5-7-17(19(9-14)29-3)30-10-15-11-31-12-22-15/h4-9,11-12H,10H2,1-3H3,(H,23,25)(H,24,26). The summed E-state index contributed by atoms with van der Waals surface area (Å²) in [4.78, 5) is 29.0. The van der Waals surface area contributed by atoms with Gasteiger partial charge in [0.15, 0.2) is 23.0 Å². The Morgan fingerprint density at radius 1 is 0.839 bits per heavy atom. The molecule has 31 heavy (non-hydrogen) atoms. The van der Waals surface area contributed by atoms with Crippen molar-refractivity contribution in [1.82, 2.24) is 15.8 Å². The van der Waals surface area contributed by atoms with Crippen molar-refractivity contribution in [1.29, 1.82) is 0 Å². The number of hydrogen-bond acceptors (Lipinski definition) is 8. The molecule has 0 aliphatic heterocycles. The maximum atomic E-state index is 12.5. The molecule has 2 amide bonds. The van der Waals surface area contributed by atoms with Crippen LogP contribution in [0.15, 0.2) is 47.3 Å². The van der Waals surface area contributed by atoms with Crippen LogP contribution in [-0.4, -0.2) is 38.1 Å². The van der Waals surface area contributed by atoms with Crippen molar-refractivity contribution in [2.45, 2.75) is 6.61 Å². The Balaban J connectivity index is 1.62. The molecule has 1 heterocycles. The molecule has 10 heteroatoms. The smallest absolute Gasteiger partial charge is 0.269 e. The van der Waals surface area contributed by atoms with E-state index < -0.39 is 11.8 Å². The number of hydrazine groups is 1. The van der Waals surface area contributed by atoms with Crippen LogP contribution in [-0.2, 0) is 6.61 Å². The summed E-state index contributed by atoms with van der Waals surface area (Å²) in [6.45, 7) is 0.285. The van der Waals surface area contributed by atoms with E-state index in [0.717, 1.165) is 5.69 Å². The van der Waals surface area contributed by atoms with Gasteiger partial charge in [-0.2, -0.15) is 0 Å². The van der Waals surface area contributed by atoms with Crippen molar-refractivity contribution in [2.75, 3.05) is 21.3 Å². The first-order chi connectivity index (χ1) is 15.0. The molecule has 0 unspecified atom stereocenters. The predicted molar refractivity (Wildman–Crippen MR) is 114 cm³/mol. The van der Waals surface area contributed by atoms with Crippen LogP contribution in [0.4, 0.5) is 0 Å². The molecule has 0 saturated carbocycles. The first-order valence-electron chi connectivity index (χ1n) is 9.06. The number of carbonyl (C=O) groups excluding carboxylic acids is 2. The molecule has 3 aromatic rings. The van der Waals surface area contributed by atoms with Gasteiger partial charge in [0.25, 0.3) is 11.8 Å². The van der Waals surface area contributed by atoms with Crippen LogP contribution >= 0.6 is 11.3 Å². The Morgan fingerprint density at radius 2 is 1.39 bits per heavy atom. The zero-order valence-corrected chi connectivity index (χ0v) is 17.9. The molecule has 1 aromatic heterocycles. The van der Waals surface area contributed by atoms with Crippen LogP contribution in [0.3, 0.4) is 0 Å². The highest BCUT2D eigenvalue weighted by Gasteiger charge is 2.14. The normalized spacial score (nSPS) is 10.2. The molecule has 0 radical (unpaired) electrons. The van der Waals surface area contributed by atoms with Gasteiger partial charge in [0.05, 0.1) is 32.5 Å². The SMILES string of the molecule is COc1ccc(C(=O)NNC(=O)c2ccc(OCc3cscn3)c(OC)c2)cc1OC. The lowest BCUT2D eigenvalue weighted by Crippen LogP contribution is -2.41. The lowest BCUT2D eigenvalue weighted by molar-refractivity contribution is 0.0846. The zero-order chi connectivity index (χ0) is 22.2. The second kappa shape index (κ2) is 10.3. The summed E-state index contributed by atoms with van der Waals surface area (Å²) >= 11 is 1.48. The van der Waals surface area contributed by atoms with Crippen molar-refractivity contribution < 1.29 is 28.5 Å². The van der Waals surface area contributed by atoms with Crippen LogP contribution < -0.4 is 29.8 Å². The third kappa shape index (κ3) is 5.43. The van der Waals surface area contributed by atoms with E-state index in [9.17, 15) is 9.59 Å². The van der Waals surface area contributed by atoms with Gasteiger partial charge < -0.3 is 18.9 Å². The van der Waals surface area contributed by atoms with Crippen LogP contribution in [0.2, 0.25) is 0 Å². The summed E-state index contributed by atoms with van der Waals surface area (Å²) in [6, 6.07) is 9.38. The van der Waals surface area contributed by atoms with Gasteiger partial charge in [-0.05, 0) is 36.4 Å². The average Bonchev–Trinajstić information content (AvgIpc) is 3.34. The zero-order valence-electron chi connectivity index (χ0n) is 17.1. The van der Waals surface area contributed by atoms with Gasteiger partial charge in [0.2, 0.25) is 0 Å². The van der Waals surface area contributed by atoms with Gasteiger partial charge in [-0.3, -0.25) is 20.4 Å². The van der Waals surface area contributed by atoms with Gasteiger partial charge in [0.1, 0.15) is 6.61 Å². The number of hydrogen-bond donors (Lipinski definition) is 2. The van der Waals surface area contributed by atoms with Gasteiger partial charge >= 0.3 is 0 Å². The lowest BCUT2D eigenvalue weighted by atomic mass is 10.2. The Hall–Kier alpha value is -3.79. The number of methoxy groups -OCH3 is 3. The lowest BCUT2D eigenvalue weighted by Gasteiger charge is -2.13. The average molecular weight is 443 g/mol. The Kier molecular flexibility index (Phi) is 7.28. The highest BCUT2D eigenvalue weighted by molar-refractivity contribution is 7.07. The maximum absolute atomic E-state index is 12.5. The number of benzene rings is 2. The van der Waals surface area contributed by atoms with Crippen LogP contribution in [0.1, 0.15) is 26.4 Å². The summed E-state index contributed by atoms with van der Waals surface area (Å²) in [5.74, 6) is 0.727. The fourth-order valence-electron chi connectivity index (χ4n) is 2.62. The van der Waals surface area contributed by atoms with E-state index in [1.54, 1.807) is 29.8 Å². The summed E-state index contributed by atoms with van der Waals surface area (Å²) in [6.07, 6.45) is 0. The van der Waals surface area contributed by atoms with Crippen molar-refractivity contribution in [3.63, 3.8) is 0 Å². The van der Waals surface area contributed by atoms with Crippen molar-refractivity contribution >= 4 is 23.2 Å². The molecule has 0 fully saturated rings. The molecule has 2 N–H and O–H groups in total. The van der Waals surface area contributed by atoms with Gasteiger partial charge in [-0.1, -0.05) is 0 Å². The van der Waals surface area contributed by atoms with E-state index in [4.69, 9.17) is 18.9 Å². The third-order valence-corrected chi connectivity index (χ3v) is 4.86. The molecule has 0 atom stereocenters. The fraction of sp³-hybridized carbons (Fsp3) is 0.190. The van der Waals surface area contributed by atoms with Crippen LogP contribution in [0.25, 0.3) is 0 Å². The molecule has 9 nitrogen and oxygen atoms in total. The van der Waals surface area contributed by atoms with Crippen LogP contribution in [0.5, 0.6) is 23.0 Å². The number of nitrogens with zero attached hydrogens (tertiary/aromatic N) is 1. The Bertz CT molecular complexity index is 1060. The minimum Gasteiger partial charge on any atom is -0.493 e. The Morgan fingerprint density at radius 3 is 1.90 bits per heavy atom. The second-order valence-corrected chi connectivity index (χ2v) is 6.83. The molecule has 0 saturated heterocycles. The number of rotatable bonds is 8. The van der Waals surface area contributed by atoms with Crippen molar-refractivity contribution in [3.8, 4) is 23.0 Å². The van der Waals surface area contributed by atoms with E-state index in [-0.39, 0.29) is 12.2 Å². The van der Waals surface area contributed by atoms with Gasteiger partial charge in [-0.15, -0.1) is 11.3 Å². The van der Waals surface area contributed by atoms with E-state index in [1.807, 2.05) is 5.38 Å². The minimum atomic E-state index is -0.516. The highest BCUT2D eigenvalue weighted by Crippen LogP contribution is 2.29. The van der Waals surface area contributed by atoms with E-state index >= 15 is 0 Å². The molecule has 0 aliphatic rings. The molecule has 3 rings (SSSR count). The van der Waals surface area contributed by atoms with Crippen molar-refractivity contribution in [3.05, 3.63) is 64.1 Å². The highest BCUT2D eigenvalue weighted by atomic mass is 32.1. The molecule has 0 aliphatic carbocycles. The molecule has 162 valence electrons. The summed E-state index contributed by atoms with van der Waals surface area (Å²) < 4.78 is 21.3. The van der Waals surface area contributed by atoms with Gasteiger partial charge in [-0.25, -0.2) is 4.98 Å². The monoisotopic (exact) mass is 443 g/mol. The second-order valence-electron chi connectivity index (χ2n) is 6.11. The van der Waals surface area contributed by atoms with Crippen molar-refractivity contribution in [2.24, 2.45) is 0 Å². The molecule has 0 spiro atoms. The molecule has 2 aromatic carbocycles. The number of thiazole rings is 1. The molecular formula is C21H21N3O6S. The molecular weight excluding hydrogens is 422 g/mol. The molecule has 0 bridgehead atoms.